The van der Waals surface area contributed by atoms with Crippen molar-refractivity contribution in [2.75, 3.05) is 19.6 Å². The summed E-state index contributed by atoms with van der Waals surface area (Å²) in [6, 6.07) is 5.62. The SMILES string of the molecule is CC(C)(C)OC(=O)N1CCNCC1Cc1ccc(Cl)c(Cl)c1. The van der Waals surface area contributed by atoms with Crippen LogP contribution < -0.4 is 5.32 Å². The maximum absolute atomic E-state index is 12.4. The maximum atomic E-state index is 12.4. The van der Waals surface area contributed by atoms with Gasteiger partial charge in [-0.15, -0.1) is 0 Å². The molecule has 0 bridgehead atoms. The third kappa shape index (κ3) is 4.77. The van der Waals surface area contributed by atoms with Crippen LogP contribution in [0.2, 0.25) is 10.0 Å². The van der Waals surface area contributed by atoms with Gasteiger partial charge in [0.05, 0.1) is 16.1 Å². The first-order chi connectivity index (χ1) is 10.3. The molecular formula is C16H22Cl2N2O2. The van der Waals surface area contributed by atoms with Crippen LogP contribution in [0.1, 0.15) is 26.3 Å². The van der Waals surface area contributed by atoms with Crippen LogP contribution in [-0.4, -0.2) is 42.3 Å². The lowest BCUT2D eigenvalue weighted by molar-refractivity contribution is 0.0122. The Labute approximate surface area is 141 Å². The number of nitrogens with one attached hydrogen (secondary N) is 1. The molecule has 0 saturated carbocycles. The minimum Gasteiger partial charge on any atom is -0.444 e. The summed E-state index contributed by atoms with van der Waals surface area (Å²) < 4.78 is 5.50. The van der Waals surface area contributed by atoms with E-state index in [1.165, 1.54) is 0 Å². The molecule has 0 radical (unpaired) electrons. The van der Waals surface area contributed by atoms with Crippen molar-refractivity contribution in [3.8, 4) is 0 Å². The summed E-state index contributed by atoms with van der Waals surface area (Å²) in [5, 5.41) is 4.39. The van der Waals surface area contributed by atoms with Crippen LogP contribution in [0, 0.1) is 0 Å². The van der Waals surface area contributed by atoms with E-state index in [1.807, 2.05) is 32.9 Å². The third-order valence-electron chi connectivity index (χ3n) is 3.43. The van der Waals surface area contributed by atoms with Gasteiger partial charge in [0.15, 0.2) is 0 Å². The number of amides is 1. The molecule has 1 fully saturated rings. The van der Waals surface area contributed by atoms with Crippen molar-refractivity contribution in [3.05, 3.63) is 33.8 Å². The quantitative estimate of drug-likeness (QED) is 0.888. The number of ether oxygens (including phenoxy) is 1. The molecule has 2 rings (SSSR count). The number of rotatable bonds is 2. The number of piperazine rings is 1. The van der Waals surface area contributed by atoms with E-state index in [4.69, 9.17) is 27.9 Å². The van der Waals surface area contributed by atoms with Crippen molar-refractivity contribution in [3.63, 3.8) is 0 Å². The van der Waals surface area contributed by atoms with Crippen molar-refractivity contribution in [1.29, 1.82) is 0 Å². The average molecular weight is 345 g/mol. The molecule has 1 unspecified atom stereocenters. The van der Waals surface area contributed by atoms with Crippen LogP contribution in [0.3, 0.4) is 0 Å². The highest BCUT2D eigenvalue weighted by Gasteiger charge is 2.30. The number of hydrogen-bond acceptors (Lipinski definition) is 3. The molecule has 4 nitrogen and oxygen atoms in total. The number of carbonyl (C=O) groups excluding carboxylic acids is 1. The Morgan fingerprint density at radius 3 is 2.73 bits per heavy atom. The first-order valence-electron chi connectivity index (χ1n) is 7.40. The normalized spacial score (nSPS) is 19.1. The molecule has 6 heteroatoms. The Bertz CT molecular complexity index is 543. The molecule has 122 valence electrons. The van der Waals surface area contributed by atoms with Gasteiger partial charge in [0.2, 0.25) is 0 Å². The Hall–Kier alpha value is -0.970. The molecule has 0 aliphatic carbocycles. The zero-order chi connectivity index (χ0) is 16.3. The molecule has 1 amide bonds. The fraction of sp³-hybridized carbons (Fsp3) is 0.562. The minimum atomic E-state index is -0.490. The summed E-state index contributed by atoms with van der Waals surface area (Å²) in [6.07, 6.45) is 0.447. The number of benzene rings is 1. The molecule has 1 aliphatic heterocycles. The molecule has 22 heavy (non-hydrogen) atoms. The molecule has 0 aromatic heterocycles. The molecule has 1 heterocycles. The molecule has 1 saturated heterocycles. The fourth-order valence-corrected chi connectivity index (χ4v) is 2.76. The molecule has 1 aliphatic rings. The summed E-state index contributed by atoms with van der Waals surface area (Å²) in [7, 11) is 0. The lowest BCUT2D eigenvalue weighted by Crippen LogP contribution is -2.55. The van der Waals surface area contributed by atoms with E-state index in [0.717, 1.165) is 18.7 Å². The summed E-state index contributed by atoms with van der Waals surface area (Å²) in [6.45, 7) is 7.78. The Morgan fingerprint density at radius 2 is 2.09 bits per heavy atom. The summed E-state index contributed by atoms with van der Waals surface area (Å²) >= 11 is 12.0. The van der Waals surface area contributed by atoms with E-state index in [-0.39, 0.29) is 12.1 Å². The van der Waals surface area contributed by atoms with E-state index in [9.17, 15) is 4.79 Å². The Morgan fingerprint density at radius 1 is 1.36 bits per heavy atom. The summed E-state index contributed by atoms with van der Waals surface area (Å²) in [4.78, 5) is 14.2. The zero-order valence-corrected chi connectivity index (χ0v) is 14.7. The van der Waals surface area contributed by atoms with Gasteiger partial charge in [0, 0.05) is 19.6 Å². The van der Waals surface area contributed by atoms with Crippen LogP contribution in [0.4, 0.5) is 4.79 Å². The third-order valence-corrected chi connectivity index (χ3v) is 4.17. The number of nitrogens with zero attached hydrogens (tertiary/aromatic N) is 1. The highest BCUT2D eigenvalue weighted by molar-refractivity contribution is 6.42. The lowest BCUT2D eigenvalue weighted by Gasteiger charge is -2.37. The van der Waals surface area contributed by atoms with Crippen molar-refractivity contribution < 1.29 is 9.53 Å². The Kier molecular flexibility index (Phi) is 5.59. The van der Waals surface area contributed by atoms with Crippen LogP contribution in [0.25, 0.3) is 0 Å². The van der Waals surface area contributed by atoms with Crippen molar-refractivity contribution >= 4 is 29.3 Å². The van der Waals surface area contributed by atoms with Gasteiger partial charge < -0.3 is 15.0 Å². The number of halogens is 2. The predicted octanol–water partition coefficient (Wildman–Crippen LogP) is 3.74. The lowest BCUT2D eigenvalue weighted by atomic mass is 10.0. The minimum absolute atomic E-state index is 0.0424. The summed E-state index contributed by atoms with van der Waals surface area (Å²) in [5.41, 5.74) is 0.562. The second-order valence-corrected chi connectivity index (χ2v) is 7.30. The zero-order valence-electron chi connectivity index (χ0n) is 13.2. The molecule has 1 N–H and O–H groups in total. The summed E-state index contributed by atoms with van der Waals surface area (Å²) in [5.74, 6) is 0. The van der Waals surface area contributed by atoms with E-state index in [0.29, 0.717) is 23.0 Å². The fourth-order valence-electron chi connectivity index (χ4n) is 2.44. The van der Waals surface area contributed by atoms with Gasteiger partial charge in [-0.2, -0.15) is 0 Å². The predicted molar refractivity (Wildman–Crippen MR) is 89.8 cm³/mol. The van der Waals surface area contributed by atoms with Gasteiger partial charge >= 0.3 is 6.09 Å². The number of hydrogen-bond donors (Lipinski definition) is 1. The topological polar surface area (TPSA) is 41.6 Å². The number of carbonyl (C=O) groups is 1. The van der Waals surface area contributed by atoms with Crippen LogP contribution in [0.15, 0.2) is 18.2 Å². The van der Waals surface area contributed by atoms with E-state index in [2.05, 4.69) is 5.32 Å². The largest absolute Gasteiger partial charge is 0.444 e. The second kappa shape index (κ2) is 7.07. The van der Waals surface area contributed by atoms with Gasteiger partial charge in [0.25, 0.3) is 0 Å². The van der Waals surface area contributed by atoms with E-state index < -0.39 is 5.60 Å². The molecule has 0 spiro atoms. The smallest absolute Gasteiger partial charge is 0.410 e. The molecular weight excluding hydrogens is 323 g/mol. The first kappa shape index (κ1) is 17.4. The highest BCUT2D eigenvalue weighted by Crippen LogP contribution is 2.24. The van der Waals surface area contributed by atoms with E-state index in [1.54, 1.807) is 11.0 Å². The van der Waals surface area contributed by atoms with Crippen LogP contribution in [-0.2, 0) is 11.2 Å². The first-order valence-corrected chi connectivity index (χ1v) is 8.16. The van der Waals surface area contributed by atoms with E-state index >= 15 is 0 Å². The van der Waals surface area contributed by atoms with Gasteiger partial charge in [0.1, 0.15) is 5.60 Å². The highest BCUT2D eigenvalue weighted by atomic mass is 35.5. The van der Waals surface area contributed by atoms with Crippen molar-refractivity contribution in [2.45, 2.75) is 38.8 Å². The van der Waals surface area contributed by atoms with Gasteiger partial charge in [-0.05, 0) is 44.9 Å². The van der Waals surface area contributed by atoms with Gasteiger partial charge in [-0.25, -0.2) is 4.79 Å². The standard InChI is InChI=1S/C16H22Cl2N2O2/c1-16(2,3)22-15(21)20-7-6-19-10-12(20)8-11-4-5-13(17)14(18)9-11/h4-5,9,12,19H,6-8,10H2,1-3H3. The average Bonchev–Trinajstić information content (AvgIpc) is 2.41. The van der Waals surface area contributed by atoms with Gasteiger partial charge in [-0.1, -0.05) is 29.3 Å². The van der Waals surface area contributed by atoms with Crippen molar-refractivity contribution in [1.82, 2.24) is 10.2 Å². The van der Waals surface area contributed by atoms with Gasteiger partial charge in [-0.3, -0.25) is 0 Å². The Balaban J connectivity index is 2.09. The van der Waals surface area contributed by atoms with Crippen LogP contribution >= 0.6 is 23.2 Å². The molecule has 1 atom stereocenters. The maximum Gasteiger partial charge on any atom is 0.410 e. The molecule has 1 aromatic carbocycles. The van der Waals surface area contributed by atoms with Crippen molar-refractivity contribution in [2.24, 2.45) is 0 Å². The monoisotopic (exact) mass is 344 g/mol. The second-order valence-electron chi connectivity index (χ2n) is 6.48. The molecule has 1 aromatic rings. The van der Waals surface area contributed by atoms with Crippen LogP contribution in [0.5, 0.6) is 0 Å².